The van der Waals surface area contributed by atoms with Crippen molar-refractivity contribution < 1.29 is 24.9 Å². The van der Waals surface area contributed by atoms with E-state index in [-0.39, 0.29) is 62.1 Å². The Labute approximate surface area is 245 Å². The molecule has 1 aromatic rings. The number of nitrogens with two attached hydrogens (primary N) is 1. The van der Waals surface area contributed by atoms with E-state index in [1.54, 1.807) is 25.2 Å². The molecule has 5 atom stereocenters. The van der Waals surface area contributed by atoms with Crippen molar-refractivity contribution in [3.05, 3.63) is 40.0 Å². The first-order valence-corrected chi connectivity index (χ1v) is 14.5. The van der Waals surface area contributed by atoms with E-state index in [9.17, 15) is 24.9 Å². The first-order valence-electron chi connectivity index (χ1n) is 13.9. The SMILES string of the molecule is B=C1C(C(N)=O)=C(O)[C@@H](N(C)C)[C@@H]2C[C@@H]3Cc4cnc(NCC(C)(C)CNC(C)(C)C)c(O)c4C(=O)C3=C(O)[C@]12P. The van der Waals surface area contributed by atoms with Gasteiger partial charge < -0.3 is 5.32 Å². The standard InChI is InChI=1S/C29H43BN5O5P/c1-27(2,3)34-12-28(4,5)11-33-26-22(38)16-14(10-32-26)8-13-9-15-19(35(6)7)21(37)18(25(31)40)23(30)29(15,41)24(39)17(13)20(16)36/h10,13,15,19,30,34,37-39H,8-9,11-12,41H2,1-7H3,(H2,31,40)(H,32,33)/t13-,15-,19-,29+/m0/s1. The molecule has 0 saturated carbocycles. The number of nitrogens with zero attached hydrogens (tertiary/aromatic N) is 2. The summed E-state index contributed by atoms with van der Waals surface area (Å²) in [5.41, 5.74) is 6.29. The number of carbonyl (C=O) groups excluding carboxylic acids is 2. The fourth-order valence-electron chi connectivity index (χ4n) is 6.37. The molecule has 4 rings (SSSR count). The fourth-order valence-corrected chi connectivity index (χ4v) is 6.99. The van der Waals surface area contributed by atoms with E-state index in [0.29, 0.717) is 24.9 Å². The van der Waals surface area contributed by atoms with Crippen molar-refractivity contribution in [2.45, 2.75) is 64.2 Å². The topological polar surface area (TPSA) is 161 Å². The van der Waals surface area contributed by atoms with Gasteiger partial charge in [0.25, 0.3) is 0 Å². The predicted molar refractivity (Wildman–Crippen MR) is 166 cm³/mol. The number of pyridine rings is 1. The van der Waals surface area contributed by atoms with Gasteiger partial charge in [0.1, 0.15) is 0 Å². The van der Waals surface area contributed by atoms with Crippen LogP contribution in [0, 0.1) is 17.3 Å². The summed E-state index contributed by atoms with van der Waals surface area (Å²) in [6, 6.07) is -0.644. The molecule has 3 aliphatic rings. The van der Waals surface area contributed by atoms with E-state index in [4.69, 9.17) is 5.73 Å². The molecular formula is C29H43BN5O5P. The number of hydrogen-bond acceptors (Lipinski definition) is 9. The van der Waals surface area contributed by atoms with Crippen molar-refractivity contribution in [3.63, 3.8) is 0 Å². The van der Waals surface area contributed by atoms with Gasteiger partial charge in [-0.05, 0) is 20.8 Å². The number of nitrogens with one attached hydrogen (secondary N) is 2. The summed E-state index contributed by atoms with van der Waals surface area (Å²) in [5.74, 6) is -2.63. The number of hydrogen-bond donors (Lipinski definition) is 6. The molecule has 0 aromatic carbocycles. The number of allylic oxidation sites excluding steroid dienone is 2. The number of aromatic hydroxyl groups is 1. The molecule has 1 heterocycles. The zero-order chi connectivity index (χ0) is 30.8. The van der Waals surface area contributed by atoms with Crippen molar-refractivity contribution in [2.24, 2.45) is 23.0 Å². The molecule has 12 heteroatoms. The third-order valence-corrected chi connectivity index (χ3v) is 9.65. The average molecular weight is 583 g/mol. The Hall–Kier alpha value is -2.75. The molecule has 1 aromatic heterocycles. The van der Waals surface area contributed by atoms with Gasteiger partial charge in [-0.3, -0.25) is 0 Å². The molecule has 0 spiro atoms. The maximum atomic E-state index is 14.0. The van der Waals surface area contributed by atoms with Crippen LogP contribution in [0.1, 0.15) is 57.0 Å². The number of rotatable bonds is 7. The number of carbonyl (C=O) groups is 2. The van der Waals surface area contributed by atoms with E-state index in [2.05, 4.69) is 67.0 Å². The first-order chi connectivity index (χ1) is 18.8. The van der Waals surface area contributed by atoms with Crippen LogP contribution in [0.25, 0.3) is 0 Å². The summed E-state index contributed by atoms with van der Waals surface area (Å²) in [7, 11) is 10.2. The van der Waals surface area contributed by atoms with E-state index in [0.717, 1.165) is 6.54 Å². The van der Waals surface area contributed by atoms with Crippen molar-refractivity contribution in [3.8, 4) is 5.75 Å². The Bertz CT molecular complexity index is 1380. The summed E-state index contributed by atoms with van der Waals surface area (Å²) in [6.45, 7) is 11.7. The average Bonchev–Trinajstić information content (AvgIpc) is 2.84. The Morgan fingerprint density at radius 2 is 1.85 bits per heavy atom. The number of anilines is 1. The molecule has 1 amide bonds. The molecular weight excluding hydrogens is 540 g/mol. The van der Waals surface area contributed by atoms with Crippen LogP contribution in [0.4, 0.5) is 5.82 Å². The molecule has 0 bridgehead atoms. The fraction of sp³-hybridized carbons (Fsp3) is 0.586. The molecule has 3 aliphatic carbocycles. The number of aliphatic hydroxyl groups is 2. The second-order valence-corrected chi connectivity index (χ2v) is 14.6. The van der Waals surface area contributed by atoms with Crippen molar-refractivity contribution in [1.82, 2.24) is 15.2 Å². The van der Waals surface area contributed by atoms with Gasteiger partial charge in [-0.2, -0.15) is 0 Å². The maximum absolute atomic E-state index is 14.0. The summed E-state index contributed by atoms with van der Waals surface area (Å²) >= 11 is 0. The number of likely N-dealkylation sites (N-methyl/N-ethyl adjacent to an activating group) is 1. The van der Waals surface area contributed by atoms with Crippen LogP contribution in [-0.4, -0.2) is 93.8 Å². The van der Waals surface area contributed by atoms with Crippen LogP contribution in [0.15, 0.2) is 28.9 Å². The van der Waals surface area contributed by atoms with E-state index in [1.165, 1.54) is 0 Å². The summed E-state index contributed by atoms with van der Waals surface area (Å²) in [4.78, 5) is 32.6. The van der Waals surface area contributed by atoms with Gasteiger partial charge in [0.05, 0.1) is 0 Å². The normalized spacial score (nSPS) is 26.6. The first kappa shape index (κ1) is 31.2. The second-order valence-electron chi connectivity index (χ2n) is 13.7. The Balaban J connectivity index is 1.73. The van der Waals surface area contributed by atoms with E-state index >= 15 is 0 Å². The van der Waals surface area contributed by atoms with Gasteiger partial charge in [0, 0.05) is 5.54 Å². The Kier molecular flexibility index (Phi) is 8.00. The molecule has 222 valence electrons. The van der Waals surface area contributed by atoms with Crippen LogP contribution in [-0.2, 0) is 11.2 Å². The van der Waals surface area contributed by atoms with Gasteiger partial charge in [-0.1, -0.05) is 0 Å². The molecule has 1 unspecified atom stereocenters. The number of aromatic nitrogens is 1. The van der Waals surface area contributed by atoms with Crippen LogP contribution < -0.4 is 16.4 Å². The van der Waals surface area contributed by atoms with Crippen LogP contribution >= 0.6 is 9.24 Å². The summed E-state index contributed by atoms with van der Waals surface area (Å²) in [5, 5.41) is 39.5. The predicted octanol–water partition coefficient (Wildman–Crippen LogP) is 1.73. The molecule has 10 nitrogen and oxygen atoms in total. The number of fused-ring (bicyclic) bond motifs is 3. The van der Waals surface area contributed by atoms with Gasteiger partial charge >= 0.3 is 214 Å². The van der Waals surface area contributed by atoms with Gasteiger partial charge in [0.2, 0.25) is 0 Å². The van der Waals surface area contributed by atoms with Crippen LogP contribution in [0.3, 0.4) is 0 Å². The summed E-state index contributed by atoms with van der Waals surface area (Å²) in [6.07, 6.45) is 2.40. The molecule has 41 heavy (non-hydrogen) atoms. The minimum absolute atomic E-state index is 0.0426. The quantitative estimate of drug-likeness (QED) is 0.208. The zero-order valence-electron chi connectivity index (χ0n) is 25.1. The van der Waals surface area contributed by atoms with Crippen molar-refractivity contribution >= 4 is 39.7 Å². The Morgan fingerprint density at radius 3 is 2.41 bits per heavy atom. The monoisotopic (exact) mass is 583 g/mol. The van der Waals surface area contributed by atoms with Gasteiger partial charge in [-0.15, -0.1) is 0 Å². The van der Waals surface area contributed by atoms with Gasteiger partial charge in [-0.25, -0.2) is 0 Å². The number of ketones is 1. The van der Waals surface area contributed by atoms with E-state index < -0.39 is 28.8 Å². The third kappa shape index (κ3) is 5.32. The van der Waals surface area contributed by atoms with E-state index in [1.807, 2.05) is 0 Å². The third-order valence-electron chi connectivity index (χ3n) is 8.60. The van der Waals surface area contributed by atoms with Crippen LogP contribution in [0.5, 0.6) is 5.75 Å². The van der Waals surface area contributed by atoms with Crippen molar-refractivity contribution in [1.29, 1.82) is 0 Å². The molecule has 7 N–H and O–H groups in total. The number of primary amides is 1. The molecule has 0 fully saturated rings. The molecule has 0 saturated heterocycles. The number of Topliss-reactive ketones (excluding diaryl/α,β-unsaturated/α-hetero) is 1. The minimum atomic E-state index is -1.31. The zero-order valence-corrected chi connectivity index (χ0v) is 26.2. The van der Waals surface area contributed by atoms with Crippen molar-refractivity contribution in [2.75, 3.05) is 32.5 Å². The number of aliphatic hydroxyl groups excluding tert-OH is 2. The molecule has 0 radical (unpaired) electrons. The van der Waals surface area contributed by atoms with Gasteiger partial charge in [0.15, 0.2) is 0 Å². The van der Waals surface area contributed by atoms with Crippen LogP contribution in [0.2, 0.25) is 0 Å². The number of amides is 1. The second kappa shape index (κ2) is 10.5. The molecule has 0 aliphatic heterocycles. The summed E-state index contributed by atoms with van der Waals surface area (Å²) < 4.78 is 0. The Morgan fingerprint density at radius 1 is 1.22 bits per heavy atom.